The summed E-state index contributed by atoms with van der Waals surface area (Å²) < 4.78 is 27.6. The highest BCUT2D eigenvalue weighted by molar-refractivity contribution is 8.00. The number of hydrogen-bond donors (Lipinski definition) is 10. The average Bonchev–Trinajstić information content (AvgIpc) is 1.68. The lowest BCUT2D eigenvalue weighted by Gasteiger charge is -2.25. The summed E-state index contributed by atoms with van der Waals surface area (Å²) >= 11 is 1.88. The van der Waals surface area contributed by atoms with Gasteiger partial charge in [0.05, 0.1) is 83.6 Å². The highest BCUT2D eigenvalue weighted by Crippen LogP contribution is 2.33. The maximum Gasteiger partial charge on any atom is 0.315 e. The number of nitrogens with one attached hydrogen (secondary N) is 7. The number of unbranched alkanes of at least 4 members (excludes halogenated alkanes) is 8. The third kappa shape index (κ3) is 40.1. The molecule has 3 aliphatic heterocycles. The zero-order valence-electron chi connectivity index (χ0n) is 61.8. The highest BCUT2D eigenvalue weighted by atomic mass is 32.2. The first-order valence-corrected chi connectivity index (χ1v) is 39.3. The van der Waals surface area contributed by atoms with Crippen molar-refractivity contribution in [3.63, 3.8) is 0 Å². The topological polar surface area (TPSA) is 407 Å². The van der Waals surface area contributed by atoms with Gasteiger partial charge in [-0.1, -0.05) is 57.6 Å². The van der Waals surface area contributed by atoms with Crippen molar-refractivity contribution in [1.29, 1.82) is 0 Å². The first-order chi connectivity index (χ1) is 49.0. The van der Waals surface area contributed by atoms with Gasteiger partial charge in [-0.25, -0.2) is 9.80 Å². The van der Waals surface area contributed by atoms with Crippen LogP contribution >= 0.6 is 11.8 Å². The molecule has 2 fully saturated rings. The van der Waals surface area contributed by atoms with Crippen LogP contribution in [-0.4, -0.2) is 224 Å². The molecule has 3 aliphatic rings. The van der Waals surface area contributed by atoms with E-state index in [1.54, 1.807) is 14.2 Å². The molecule has 0 bridgehead atoms. The minimum atomic E-state index is -0.913. The smallest absolute Gasteiger partial charge is 0.315 e. The summed E-state index contributed by atoms with van der Waals surface area (Å²) in [4.78, 5) is 131. The van der Waals surface area contributed by atoms with Crippen molar-refractivity contribution >= 4 is 70.5 Å². The molecule has 101 heavy (non-hydrogen) atoms. The van der Waals surface area contributed by atoms with Crippen molar-refractivity contribution in [2.75, 3.05) is 119 Å². The number of Topliss-reactive ketones (excluding diaryl/α,β-unsaturated/α-hetero) is 4. The quantitative estimate of drug-likeness (QED) is 0.0256. The van der Waals surface area contributed by atoms with Gasteiger partial charge >= 0.3 is 6.03 Å². The van der Waals surface area contributed by atoms with E-state index in [1.807, 2.05) is 25.6 Å². The van der Waals surface area contributed by atoms with E-state index in [0.717, 1.165) is 70.0 Å². The summed E-state index contributed by atoms with van der Waals surface area (Å²) in [5, 5.41) is 31.0. The summed E-state index contributed by atoms with van der Waals surface area (Å²) in [5.74, 6) is -0.984. The summed E-state index contributed by atoms with van der Waals surface area (Å²) in [6.07, 6.45) is 18.8. The predicted molar refractivity (Wildman–Crippen MR) is 390 cm³/mol. The Bertz CT molecular complexity index is 2400. The molecule has 580 valence electrons. The number of ketones is 4. The van der Waals surface area contributed by atoms with Gasteiger partial charge in [-0.15, -0.1) is 0 Å². The van der Waals surface area contributed by atoms with Crippen molar-refractivity contribution in [2.45, 2.75) is 261 Å². The zero-order valence-corrected chi connectivity index (χ0v) is 62.6. The number of thioether (sulfide) groups is 1. The molecule has 0 aromatic heterocycles. The van der Waals surface area contributed by atoms with Crippen molar-refractivity contribution in [1.82, 2.24) is 42.2 Å². The fourth-order valence-electron chi connectivity index (χ4n) is 12.7. The fourth-order valence-corrected chi connectivity index (χ4v) is 14.3. The monoisotopic (exact) mass is 1450 g/mol. The lowest BCUT2D eigenvalue weighted by atomic mass is 9.81. The molecule has 0 saturated carbocycles. The number of carbonyl (C=O) groups is 10. The standard InChI is InChI=1S/C72H131N13O15S/c1-5-53(23-12-17-36-73)68(91)55(25-14-19-38-75)49-63(88)59(79-69(92)54(6-2)24-13-18-37-74)29-15-20-39-77-66(90)35-44-99-47-48-100-51-56-50-85(84-83-56)71(94)61(31-9-7-8-26-58(87)33-42-98-46-45-96-4)80-70(93)60(76-3)30-16-21-40-78-65(89)34-43-97-41-22-28-57(86)27-10-11-32-64-67-62(52-101-64)81-72(95)82-67/h53-56,59-62,64,67,76H,5-52,73-75H2,1-4H3,(H,77,90)(H,78,89)(H,79,92)(H,80,93)(H2,81,82,95). The van der Waals surface area contributed by atoms with Crippen LogP contribution in [0, 0.1) is 17.8 Å². The molecule has 28 nitrogen and oxygen atoms in total. The van der Waals surface area contributed by atoms with E-state index in [-0.39, 0.29) is 136 Å². The van der Waals surface area contributed by atoms with Crippen molar-refractivity contribution in [3.8, 4) is 0 Å². The Morgan fingerprint density at radius 1 is 0.554 bits per heavy atom. The van der Waals surface area contributed by atoms with Gasteiger partial charge in [0.2, 0.25) is 23.6 Å². The number of hydrogen-bond acceptors (Lipinski definition) is 22. The van der Waals surface area contributed by atoms with Crippen LogP contribution in [0.2, 0.25) is 0 Å². The summed E-state index contributed by atoms with van der Waals surface area (Å²) in [7, 11) is 3.26. The third-order valence-corrected chi connectivity index (χ3v) is 20.5. The van der Waals surface area contributed by atoms with Crippen molar-refractivity contribution < 1.29 is 71.6 Å². The van der Waals surface area contributed by atoms with Crippen molar-refractivity contribution in [2.24, 2.45) is 45.3 Å². The number of rotatable bonds is 67. The van der Waals surface area contributed by atoms with Crippen LogP contribution in [0.1, 0.15) is 219 Å². The average molecular weight is 1450 g/mol. The number of nitrogens with two attached hydrogens (primary N) is 3. The highest BCUT2D eigenvalue weighted by Gasteiger charge is 2.43. The molecule has 0 aromatic rings. The normalized spacial score (nSPS) is 18.0. The van der Waals surface area contributed by atoms with E-state index < -0.39 is 36.0 Å². The molecule has 29 heteroatoms. The Balaban J connectivity index is 1.38. The minimum absolute atomic E-state index is 0.0542. The number of methoxy groups -OCH3 is 1. The van der Waals surface area contributed by atoms with Gasteiger partial charge in [0.25, 0.3) is 5.91 Å². The second-order valence-electron chi connectivity index (χ2n) is 27.1. The van der Waals surface area contributed by atoms with E-state index in [9.17, 15) is 47.9 Å². The Morgan fingerprint density at radius 3 is 1.72 bits per heavy atom. The number of carbonyl (C=O) groups excluding carboxylic acids is 10. The molecule has 2 saturated heterocycles. The molecule has 7 amide bonds. The van der Waals surface area contributed by atoms with Crippen LogP contribution in [-0.2, 0) is 66.8 Å². The van der Waals surface area contributed by atoms with E-state index in [1.165, 1.54) is 5.01 Å². The van der Waals surface area contributed by atoms with Crippen LogP contribution in [0.3, 0.4) is 0 Å². The van der Waals surface area contributed by atoms with Crippen LogP contribution < -0.4 is 54.4 Å². The molecule has 0 spiro atoms. The molecular weight excluding hydrogens is 1320 g/mol. The minimum Gasteiger partial charge on any atom is -0.382 e. The van der Waals surface area contributed by atoms with Gasteiger partial charge in [-0.05, 0) is 149 Å². The molecule has 3 heterocycles. The Labute approximate surface area is 606 Å². The molecule has 13 N–H and O–H groups in total. The Morgan fingerprint density at radius 2 is 1.09 bits per heavy atom. The van der Waals surface area contributed by atoms with E-state index in [2.05, 4.69) is 47.6 Å². The van der Waals surface area contributed by atoms with E-state index in [4.69, 9.17) is 40.9 Å². The number of amides is 7. The molecule has 0 aromatic carbocycles. The maximum atomic E-state index is 14.2. The summed E-state index contributed by atoms with van der Waals surface area (Å²) in [6.45, 7) is 9.04. The molecule has 0 aliphatic carbocycles. The van der Waals surface area contributed by atoms with E-state index in [0.29, 0.717) is 186 Å². The van der Waals surface area contributed by atoms with Gasteiger partial charge < -0.3 is 78.1 Å². The van der Waals surface area contributed by atoms with Crippen LogP contribution in [0.25, 0.3) is 0 Å². The molecular formula is C72H131N13O15S. The first kappa shape index (κ1) is 90.1. The van der Waals surface area contributed by atoms with Gasteiger partial charge in [0.15, 0.2) is 5.78 Å². The SMILES string of the molecule is CCC(CCCCN)C(=O)NC(CCCCNC(=O)CCOCCOCC1CN(C(=O)C(CCCCCC(=O)CCOCCOC)NC(=O)C(CCCCNC(=O)CCOCCCC(=O)CCCCC2SCC3NC(=O)NC32)NC)N=N1)C(=O)CC(CCCCN)C(=O)C(CC)CCCCN. The Kier molecular flexibility index (Phi) is 51.1. The first-order valence-electron chi connectivity index (χ1n) is 38.2. The molecule has 3 rings (SSSR count). The lowest BCUT2D eigenvalue weighted by molar-refractivity contribution is -0.137. The summed E-state index contributed by atoms with van der Waals surface area (Å²) in [6, 6.07) is -2.46. The largest absolute Gasteiger partial charge is 0.382 e. The van der Waals surface area contributed by atoms with Crippen LogP contribution in [0.4, 0.5) is 4.79 Å². The Hall–Kier alpha value is -5.11. The number of fused-ring (bicyclic) bond motifs is 1. The number of likely N-dealkylation sites (N-methyl/N-ethyl adjacent to an activating group) is 1. The maximum absolute atomic E-state index is 14.2. The fraction of sp³-hybridized carbons (Fsp3) is 0.861. The molecule has 0 radical (unpaired) electrons. The zero-order chi connectivity index (χ0) is 73.7. The predicted octanol–water partition coefficient (Wildman–Crippen LogP) is 5.76. The molecule has 10 unspecified atom stereocenters. The van der Waals surface area contributed by atoms with Gasteiger partial charge in [0.1, 0.15) is 29.4 Å². The summed E-state index contributed by atoms with van der Waals surface area (Å²) in [5.41, 5.74) is 17.3. The second-order valence-corrected chi connectivity index (χ2v) is 28.3. The second kappa shape index (κ2) is 57.2. The van der Waals surface area contributed by atoms with Crippen LogP contribution in [0.15, 0.2) is 10.3 Å². The van der Waals surface area contributed by atoms with E-state index >= 15 is 0 Å². The number of ether oxygens (including phenoxy) is 5. The molecule has 10 atom stereocenters. The van der Waals surface area contributed by atoms with Gasteiger partial charge in [-0.3, -0.25) is 43.2 Å². The van der Waals surface area contributed by atoms with Gasteiger partial charge in [-0.2, -0.15) is 16.9 Å². The lowest BCUT2D eigenvalue weighted by Crippen LogP contribution is -2.52. The van der Waals surface area contributed by atoms with Crippen molar-refractivity contribution in [3.05, 3.63) is 0 Å². The van der Waals surface area contributed by atoms with Gasteiger partial charge in [0, 0.05) is 101 Å². The number of nitrogens with zero attached hydrogens (tertiary/aromatic N) is 3. The number of urea groups is 1. The van der Waals surface area contributed by atoms with Crippen LogP contribution in [0.5, 0.6) is 0 Å². The third-order valence-electron chi connectivity index (χ3n) is 19.0.